The van der Waals surface area contributed by atoms with Crippen LogP contribution in [0.5, 0.6) is 0 Å². The molecule has 5 heteroatoms. The molecule has 1 atom stereocenters. The molecular weight excluding hydrogens is 286 g/mol. The van der Waals surface area contributed by atoms with Crippen LogP contribution in [-0.4, -0.2) is 38.1 Å². The molecule has 0 aromatic heterocycles. The molecule has 114 valence electrons. The number of carbonyl (C=O) groups is 1. The molecule has 2 aliphatic rings. The van der Waals surface area contributed by atoms with E-state index in [2.05, 4.69) is 0 Å². The molecule has 1 aliphatic heterocycles. The first-order valence-electron chi connectivity index (χ1n) is 7.63. The number of rotatable bonds is 2. The molecule has 1 aromatic rings. The Bertz CT molecular complexity index is 606. The molecule has 1 amide bonds. The van der Waals surface area contributed by atoms with Gasteiger partial charge in [0.1, 0.15) is 5.25 Å². The third-order valence-electron chi connectivity index (χ3n) is 4.65. The van der Waals surface area contributed by atoms with Gasteiger partial charge in [0.2, 0.25) is 5.91 Å². The summed E-state index contributed by atoms with van der Waals surface area (Å²) in [7, 11) is -3.16. The Morgan fingerprint density at radius 3 is 2.43 bits per heavy atom. The van der Waals surface area contributed by atoms with E-state index in [1.54, 1.807) is 4.90 Å². The number of hydrogen-bond donors (Lipinski definition) is 0. The van der Waals surface area contributed by atoms with Gasteiger partial charge in [-0.25, -0.2) is 8.42 Å². The monoisotopic (exact) mass is 307 g/mol. The summed E-state index contributed by atoms with van der Waals surface area (Å²) in [4.78, 5) is 14.3. The van der Waals surface area contributed by atoms with E-state index in [9.17, 15) is 13.2 Å². The number of benzene rings is 1. The van der Waals surface area contributed by atoms with Gasteiger partial charge < -0.3 is 4.90 Å². The van der Waals surface area contributed by atoms with E-state index in [1.807, 2.05) is 30.3 Å². The van der Waals surface area contributed by atoms with Crippen molar-refractivity contribution in [3.63, 3.8) is 0 Å². The van der Waals surface area contributed by atoms with Crippen LogP contribution < -0.4 is 0 Å². The molecule has 1 heterocycles. The standard InChI is InChI=1S/C16H21NO3S/c18-16(14-8-4-5-9-14)17-10-11-21(19,20)15(12-17)13-6-2-1-3-7-13/h1-3,6-7,14-15H,4-5,8-12H2. The number of amides is 1. The molecule has 0 radical (unpaired) electrons. The minimum Gasteiger partial charge on any atom is -0.340 e. The van der Waals surface area contributed by atoms with Crippen molar-refractivity contribution in [3.05, 3.63) is 35.9 Å². The molecule has 21 heavy (non-hydrogen) atoms. The summed E-state index contributed by atoms with van der Waals surface area (Å²) in [6.45, 7) is 0.655. The van der Waals surface area contributed by atoms with Gasteiger partial charge in [0.05, 0.1) is 5.75 Å². The smallest absolute Gasteiger partial charge is 0.225 e. The minimum absolute atomic E-state index is 0.0744. The maximum Gasteiger partial charge on any atom is 0.225 e. The summed E-state index contributed by atoms with van der Waals surface area (Å²) in [6.07, 6.45) is 4.14. The fraction of sp³-hybridized carbons (Fsp3) is 0.562. The van der Waals surface area contributed by atoms with Crippen molar-refractivity contribution in [1.29, 1.82) is 0 Å². The van der Waals surface area contributed by atoms with Gasteiger partial charge in [-0.15, -0.1) is 0 Å². The highest BCUT2D eigenvalue weighted by atomic mass is 32.2. The van der Waals surface area contributed by atoms with Gasteiger partial charge in [-0.2, -0.15) is 0 Å². The van der Waals surface area contributed by atoms with Crippen molar-refractivity contribution in [3.8, 4) is 0 Å². The SMILES string of the molecule is O=C(C1CCCC1)N1CCS(=O)(=O)C(c2ccccc2)C1. The van der Waals surface area contributed by atoms with E-state index in [-0.39, 0.29) is 17.6 Å². The summed E-state index contributed by atoms with van der Waals surface area (Å²) in [5.74, 6) is 0.343. The second-order valence-corrected chi connectivity index (χ2v) is 8.33. The highest BCUT2D eigenvalue weighted by molar-refractivity contribution is 7.91. The molecule has 0 bridgehead atoms. The first kappa shape index (κ1) is 14.6. The lowest BCUT2D eigenvalue weighted by Crippen LogP contribution is -2.47. The molecule has 3 rings (SSSR count). The Morgan fingerprint density at radius 2 is 1.76 bits per heavy atom. The van der Waals surface area contributed by atoms with Gasteiger partial charge in [0.25, 0.3) is 0 Å². The Balaban J connectivity index is 1.80. The lowest BCUT2D eigenvalue weighted by atomic mass is 10.1. The van der Waals surface area contributed by atoms with Crippen LogP contribution in [0.25, 0.3) is 0 Å². The highest BCUT2D eigenvalue weighted by Gasteiger charge is 2.38. The van der Waals surface area contributed by atoms with E-state index in [4.69, 9.17) is 0 Å². The zero-order valence-electron chi connectivity index (χ0n) is 12.1. The van der Waals surface area contributed by atoms with Crippen molar-refractivity contribution in [2.45, 2.75) is 30.9 Å². The molecule has 0 spiro atoms. The molecule has 1 saturated carbocycles. The van der Waals surface area contributed by atoms with Crippen LogP contribution in [0.15, 0.2) is 30.3 Å². The largest absolute Gasteiger partial charge is 0.340 e. The summed E-state index contributed by atoms with van der Waals surface area (Å²) >= 11 is 0. The highest BCUT2D eigenvalue weighted by Crippen LogP contribution is 2.31. The van der Waals surface area contributed by atoms with Crippen LogP contribution in [0, 0.1) is 5.92 Å². The molecule has 1 aromatic carbocycles. The van der Waals surface area contributed by atoms with Gasteiger partial charge in [0.15, 0.2) is 9.84 Å². The topological polar surface area (TPSA) is 54.5 Å². The molecule has 4 nitrogen and oxygen atoms in total. The number of hydrogen-bond acceptors (Lipinski definition) is 3. The average Bonchev–Trinajstić information content (AvgIpc) is 3.01. The van der Waals surface area contributed by atoms with Gasteiger partial charge >= 0.3 is 0 Å². The second-order valence-electron chi connectivity index (χ2n) is 6.03. The maximum atomic E-state index is 12.5. The summed E-state index contributed by atoms with van der Waals surface area (Å²) in [5.41, 5.74) is 0.793. The summed E-state index contributed by atoms with van der Waals surface area (Å²) in [5, 5.41) is -0.571. The normalized spacial score (nSPS) is 25.9. The number of carbonyl (C=O) groups excluding carboxylic acids is 1. The number of sulfone groups is 1. The van der Waals surface area contributed by atoms with Gasteiger partial charge in [-0.3, -0.25) is 4.79 Å². The third kappa shape index (κ3) is 2.98. The van der Waals surface area contributed by atoms with Crippen molar-refractivity contribution in [2.75, 3.05) is 18.8 Å². The van der Waals surface area contributed by atoms with Crippen LogP contribution in [-0.2, 0) is 14.6 Å². The first-order chi connectivity index (χ1) is 10.1. The second kappa shape index (κ2) is 5.79. The van der Waals surface area contributed by atoms with Crippen molar-refractivity contribution < 1.29 is 13.2 Å². The molecule has 2 fully saturated rings. The molecular formula is C16H21NO3S. The first-order valence-corrected chi connectivity index (χ1v) is 9.35. The lowest BCUT2D eigenvalue weighted by Gasteiger charge is -2.34. The summed E-state index contributed by atoms with van der Waals surface area (Å²) < 4.78 is 24.7. The summed E-state index contributed by atoms with van der Waals surface area (Å²) in [6, 6.07) is 9.25. The minimum atomic E-state index is -3.16. The zero-order valence-corrected chi connectivity index (χ0v) is 12.9. The van der Waals surface area contributed by atoms with Crippen LogP contribution in [0.4, 0.5) is 0 Å². The van der Waals surface area contributed by atoms with E-state index in [1.165, 1.54) is 0 Å². The van der Waals surface area contributed by atoms with E-state index < -0.39 is 15.1 Å². The van der Waals surface area contributed by atoms with Crippen molar-refractivity contribution in [1.82, 2.24) is 4.90 Å². The molecule has 0 N–H and O–H groups in total. The van der Waals surface area contributed by atoms with Crippen LogP contribution in [0.3, 0.4) is 0 Å². The molecule has 1 saturated heterocycles. The van der Waals surface area contributed by atoms with Gasteiger partial charge in [0, 0.05) is 19.0 Å². The van der Waals surface area contributed by atoms with Gasteiger partial charge in [-0.05, 0) is 18.4 Å². The fourth-order valence-electron chi connectivity index (χ4n) is 3.40. The van der Waals surface area contributed by atoms with Crippen molar-refractivity contribution in [2.24, 2.45) is 5.92 Å². The predicted octanol–water partition coefficient (Wildman–Crippen LogP) is 2.17. The Hall–Kier alpha value is -1.36. The Labute approximate surface area is 126 Å². The van der Waals surface area contributed by atoms with E-state index in [0.29, 0.717) is 13.1 Å². The Kier molecular flexibility index (Phi) is 4.02. The van der Waals surface area contributed by atoms with E-state index in [0.717, 1.165) is 31.2 Å². The lowest BCUT2D eigenvalue weighted by molar-refractivity contribution is -0.135. The van der Waals surface area contributed by atoms with E-state index >= 15 is 0 Å². The van der Waals surface area contributed by atoms with Gasteiger partial charge in [-0.1, -0.05) is 43.2 Å². The maximum absolute atomic E-state index is 12.5. The van der Waals surface area contributed by atoms with Crippen LogP contribution in [0.2, 0.25) is 0 Å². The third-order valence-corrected chi connectivity index (χ3v) is 6.69. The van der Waals surface area contributed by atoms with Crippen molar-refractivity contribution >= 4 is 15.7 Å². The fourth-order valence-corrected chi connectivity index (χ4v) is 5.13. The average molecular weight is 307 g/mol. The number of nitrogens with zero attached hydrogens (tertiary/aromatic N) is 1. The predicted molar refractivity (Wildman–Crippen MR) is 81.5 cm³/mol. The quantitative estimate of drug-likeness (QED) is 0.841. The van der Waals surface area contributed by atoms with Crippen LogP contribution >= 0.6 is 0 Å². The van der Waals surface area contributed by atoms with Crippen LogP contribution in [0.1, 0.15) is 36.5 Å². The molecule has 1 aliphatic carbocycles. The zero-order chi connectivity index (χ0) is 14.9. The molecule has 1 unspecified atom stereocenters. The Morgan fingerprint density at radius 1 is 1.10 bits per heavy atom.